The molecule has 4 amide bonds. The second-order valence-electron chi connectivity index (χ2n) is 13.9. The van der Waals surface area contributed by atoms with E-state index in [9.17, 15) is 24.4 Å². The van der Waals surface area contributed by atoms with Gasteiger partial charge in [-0.3, -0.25) is 19.7 Å². The van der Waals surface area contributed by atoms with Crippen molar-refractivity contribution >= 4 is 46.2 Å². The topological polar surface area (TPSA) is 176 Å². The molecule has 0 spiro atoms. The first-order valence-corrected chi connectivity index (χ1v) is 17.8. The van der Waals surface area contributed by atoms with Crippen LogP contribution in [0.2, 0.25) is 0 Å². The van der Waals surface area contributed by atoms with E-state index in [2.05, 4.69) is 16.0 Å². The number of nitrogens with one attached hydrogen (secondary N) is 3. The Morgan fingerprint density at radius 2 is 1.88 bits per heavy atom. The molecular weight excluding hydrogens is 659 g/mol. The van der Waals surface area contributed by atoms with E-state index in [1.165, 1.54) is 16.2 Å². The highest BCUT2D eigenvalue weighted by atomic mass is 32.1. The van der Waals surface area contributed by atoms with Crippen LogP contribution in [0.3, 0.4) is 0 Å². The minimum Gasteiger partial charge on any atom is -0.471 e. The summed E-state index contributed by atoms with van der Waals surface area (Å²) in [5.74, 6) is -1.64. The van der Waals surface area contributed by atoms with E-state index in [-0.39, 0.29) is 24.8 Å². The van der Waals surface area contributed by atoms with Crippen LogP contribution >= 0.6 is 11.3 Å². The molecule has 2 aliphatic heterocycles. The number of carbonyl (C=O) groups excluding carboxylic acids is 4. The lowest BCUT2D eigenvalue weighted by molar-refractivity contribution is -0.141. The first-order chi connectivity index (χ1) is 24.0. The summed E-state index contributed by atoms with van der Waals surface area (Å²) < 4.78 is 12.0. The Morgan fingerprint density at radius 1 is 1.10 bits per heavy atom. The van der Waals surface area contributed by atoms with Gasteiger partial charge in [-0.1, -0.05) is 43.2 Å². The van der Waals surface area contributed by atoms with Gasteiger partial charge in [0, 0.05) is 12.3 Å². The molecule has 4 heterocycles. The number of nitrogens with zero attached hydrogens (tertiary/aromatic N) is 4. The van der Waals surface area contributed by atoms with Crippen molar-refractivity contribution in [2.45, 2.75) is 95.0 Å². The summed E-state index contributed by atoms with van der Waals surface area (Å²) in [7, 11) is 0. The van der Waals surface area contributed by atoms with Crippen molar-refractivity contribution in [3.63, 3.8) is 0 Å². The highest BCUT2D eigenvalue weighted by Gasteiger charge is 2.61. The van der Waals surface area contributed by atoms with Crippen LogP contribution in [0, 0.1) is 17.4 Å². The van der Waals surface area contributed by atoms with Gasteiger partial charge in [-0.25, -0.2) is 14.8 Å². The summed E-state index contributed by atoms with van der Waals surface area (Å²) in [6, 6.07) is 9.27. The fraction of sp³-hybridized carbons (Fsp3) is 0.472. The molecule has 2 aromatic heterocycles. The number of benzene rings is 1. The van der Waals surface area contributed by atoms with Crippen molar-refractivity contribution < 1.29 is 28.7 Å². The average molecular weight is 700 g/mol. The molecule has 1 saturated carbocycles. The van der Waals surface area contributed by atoms with E-state index in [1.807, 2.05) is 53.9 Å². The standard InChI is InChI=1S/C36H41N7O6S/c1-35(2,3)49-34(47)41-26-15-8-6-4-5-7-12-22-19-36(22,33(46)38-21-37)42-30(44)27-18-23(20-43(27)32(26)45)48-31-29(28-16-11-17-50-28)39-24-13-9-10-14-25(24)40-31/h7,9-14,16-17,22-23,26-27H,4-6,8,15,18-20H2,1-3H3,(H,38,46)(H,41,47)(H,42,44)/b12-7-/t22?,23-,26+,27+,36-/m1/s1. The quantitative estimate of drug-likeness (QED) is 0.195. The van der Waals surface area contributed by atoms with E-state index in [0.29, 0.717) is 36.0 Å². The highest BCUT2D eigenvalue weighted by molar-refractivity contribution is 7.13. The molecule has 2 fully saturated rings. The fourth-order valence-electron chi connectivity index (χ4n) is 6.58. The average Bonchev–Trinajstić information content (AvgIpc) is 3.38. The maximum Gasteiger partial charge on any atom is 0.408 e. The van der Waals surface area contributed by atoms with Gasteiger partial charge in [-0.2, -0.15) is 5.26 Å². The Morgan fingerprint density at radius 3 is 2.60 bits per heavy atom. The van der Waals surface area contributed by atoms with Gasteiger partial charge < -0.3 is 25.0 Å². The Labute approximate surface area is 294 Å². The minimum atomic E-state index is -1.32. The molecule has 14 heteroatoms. The molecule has 5 atom stereocenters. The SMILES string of the molecule is CC(C)(C)OC(=O)N[C@H]1CCCCC/C=C\C2C[C@@]2(C(=O)NC#N)NC(=O)[C@@H]2C[C@@H](Oc3nc4ccccc4nc3-c3cccs3)CN2C1=O. The van der Waals surface area contributed by atoms with Gasteiger partial charge in [-0.05, 0) is 70.0 Å². The van der Waals surface area contributed by atoms with Crippen LogP contribution in [-0.4, -0.2) is 74.6 Å². The second kappa shape index (κ2) is 14.4. The summed E-state index contributed by atoms with van der Waals surface area (Å²) >= 11 is 1.49. The molecule has 0 radical (unpaired) electrons. The molecule has 0 bridgehead atoms. The maximum absolute atomic E-state index is 14.4. The normalized spacial score (nSPS) is 26.2. The third-order valence-corrected chi connectivity index (χ3v) is 9.95. The first-order valence-electron chi connectivity index (χ1n) is 16.9. The smallest absolute Gasteiger partial charge is 0.408 e. The minimum absolute atomic E-state index is 0.0164. The second-order valence-corrected chi connectivity index (χ2v) is 14.9. The first kappa shape index (κ1) is 34.8. The highest BCUT2D eigenvalue weighted by Crippen LogP contribution is 2.45. The van der Waals surface area contributed by atoms with E-state index >= 15 is 0 Å². The molecule has 1 aromatic carbocycles. The van der Waals surface area contributed by atoms with Crippen molar-refractivity contribution in [1.82, 2.24) is 30.8 Å². The van der Waals surface area contributed by atoms with E-state index in [0.717, 1.165) is 24.1 Å². The monoisotopic (exact) mass is 699 g/mol. The summed E-state index contributed by atoms with van der Waals surface area (Å²) in [4.78, 5) is 66.6. The van der Waals surface area contributed by atoms with Crippen molar-refractivity contribution in [3.05, 3.63) is 53.9 Å². The molecule has 3 aliphatic rings. The number of hydrogen-bond donors (Lipinski definition) is 3. The molecule has 50 heavy (non-hydrogen) atoms. The Balaban J connectivity index is 1.34. The number of thiophene rings is 1. The molecule has 6 rings (SSSR count). The van der Waals surface area contributed by atoms with Crippen molar-refractivity contribution in [2.75, 3.05) is 6.54 Å². The zero-order valence-electron chi connectivity index (χ0n) is 28.3. The van der Waals surface area contributed by atoms with E-state index < -0.39 is 53.1 Å². The predicted octanol–water partition coefficient (Wildman–Crippen LogP) is 4.59. The zero-order valence-corrected chi connectivity index (χ0v) is 29.1. The molecular formula is C36H41N7O6S. The molecule has 13 nitrogen and oxygen atoms in total. The molecule has 1 unspecified atom stereocenters. The summed E-state index contributed by atoms with van der Waals surface area (Å²) in [6.07, 6.45) is 7.96. The molecule has 1 saturated heterocycles. The Bertz CT molecular complexity index is 1830. The van der Waals surface area contributed by atoms with Gasteiger partial charge in [0.25, 0.3) is 5.91 Å². The third kappa shape index (κ3) is 7.73. The van der Waals surface area contributed by atoms with Crippen LogP contribution in [0.5, 0.6) is 5.88 Å². The van der Waals surface area contributed by atoms with Gasteiger partial charge in [0.1, 0.15) is 35.0 Å². The summed E-state index contributed by atoms with van der Waals surface area (Å²) in [5.41, 5.74) is -0.231. The number of aromatic nitrogens is 2. The number of fused-ring (bicyclic) bond motifs is 3. The summed E-state index contributed by atoms with van der Waals surface area (Å²) in [6.45, 7) is 5.24. The van der Waals surface area contributed by atoms with Crippen molar-refractivity contribution in [1.29, 1.82) is 5.26 Å². The van der Waals surface area contributed by atoms with Gasteiger partial charge in [0.05, 0.1) is 22.5 Å². The zero-order chi connectivity index (χ0) is 35.5. The fourth-order valence-corrected chi connectivity index (χ4v) is 7.28. The molecule has 262 valence electrons. The maximum atomic E-state index is 14.4. The van der Waals surface area contributed by atoms with Gasteiger partial charge in [0.2, 0.25) is 17.7 Å². The number of allylic oxidation sites excluding steroid dienone is 1. The van der Waals surface area contributed by atoms with Gasteiger partial charge >= 0.3 is 6.09 Å². The van der Waals surface area contributed by atoms with Crippen LogP contribution in [0.15, 0.2) is 53.9 Å². The number of rotatable bonds is 5. The Kier molecular flexibility index (Phi) is 10.1. The molecule has 3 aromatic rings. The van der Waals surface area contributed by atoms with E-state index in [1.54, 1.807) is 27.0 Å². The number of amides is 4. The number of para-hydroxylation sites is 2. The number of alkyl carbamates (subject to hydrolysis) is 1. The van der Waals surface area contributed by atoms with E-state index in [4.69, 9.17) is 19.4 Å². The predicted molar refractivity (Wildman–Crippen MR) is 186 cm³/mol. The van der Waals surface area contributed by atoms with Crippen molar-refractivity contribution in [2.24, 2.45) is 5.92 Å². The van der Waals surface area contributed by atoms with Crippen LogP contribution in [-0.2, 0) is 19.1 Å². The lowest BCUT2D eigenvalue weighted by atomic mass is 10.0. The third-order valence-electron chi connectivity index (χ3n) is 9.08. The number of nitriles is 1. The van der Waals surface area contributed by atoms with Gasteiger partial charge in [0.15, 0.2) is 6.19 Å². The molecule has 1 aliphatic carbocycles. The van der Waals surface area contributed by atoms with Crippen LogP contribution < -0.4 is 20.7 Å². The number of ether oxygens (including phenoxy) is 2. The largest absolute Gasteiger partial charge is 0.471 e. The van der Waals surface area contributed by atoms with Crippen LogP contribution in [0.4, 0.5) is 4.79 Å². The van der Waals surface area contributed by atoms with Gasteiger partial charge in [-0.15, -0.1) is 11.3 Å². The number of hydrogen-bond acceptors (Lipinski definition) is 10. The number of carbonyl (C=O) groups is 4. The molecule has 3 N–H and O–H groups in total. The lowest BCUT2D eigenvalue weighted by Crippen LogP contribution is -2.57. The van der Waals surface area contributed by atoms with Crippen LogP contribution in [0.1, 0.15) is 65.7 Å². The Hall–Kier alpha value is -5.03. The lowest BCUT2D eigenvalue weighted by Gasteiger charge is -2.30. The summed E-state index contributed by atoms with van der Waals surface area (Å²) in [5, 5.41) is 19.0. The van der Waals surface area contributed by atoms with Crippen molar-refractivity contribution in [3.8, 4) is 22.6 Å². The van der Waals surface area contributed by atoms with Crippen LogP contribution in [0.25, 0.3) is 21.6 Å².